The Bertz CT molecular complexity index is 447. The van der Waals surface area contributed by atoms with Gasteiger partial charge in [-0.05, 0) is 54.1 Å². The minimum atomic E-state index is -0.101. The zero-order chi connectivity index (χ0) is 15.7. The summed E-state index contributed by atoms with van der Waals surface area (Å²) in [5.41, 5.74) is 9.85. The van der Waals surface area contributed by atoms with Gasteiger partial charge in [0.05, 0.1) is 0 Å². The quantitative estimate of drug-likeness (QED) is 0.767. The van der Waals surface area contributed by atoms with E-state index in [1.54, 1.807) is 0 Å². The number of nitrogens with two attached hydrogens (primary N) is 1. The van der Waals surface area contributed by atoms with Gasteiger partial charge in [-0.2, -0.15) is 0 Å². The minimum Gasteiger partial charge on any atom is -0.321 e. The van der Waals surface area contributed by atoms with E-state index in [1.807, 2.05) is 0 Å². The molecule has 1 aromatic rings. The maximum atomic E-state index is 6.75. The van der Waals surface area contributed by atoms with Gasteiger partial charge < -0.3 is 5.73 Å². The smallest absolute Gasteiger partial charge is 0.0409 e. The fraction of sp³-hybridized carbons (Fsp3) is 0.700. The zero-order valence-electron chi connectivity index (χ0n) is 14.6. The van der Waals surface area contributed by atoms with Gasteiger partial charge >= 0.3 is 0 Å². The van der Waals surface area contributed by atoms with Gasteiger partial charge in [0.2, 0.25) is 0 Å². The third-order valence-corrected chi connectivity index (χ3v) is 6.05. The van der Waals surface area contributed by atoms with Crippen molar-refractivity contribution in [3.05, 3.63) is 35.4 Å². The molecule has 1 fully saturated rings. The predicted molar refractivity (Wildman–Crippen MR) is 92.4 cm³/mol. The van der Waals surface area contributed by atoms with E-state index in [-0.39, 0.29) is 5.54 Å². The molecule has 0 atom stereocenters. The van der Waals surface area contributed by atoms with Crippen LogP contribution in [0, 0.1) is 11.3 Å². The van der Waals surface area contributed by atoms with Crippen LogP contribution in [0.4, 0.5) is 0 Å². The Balaban J connectivity index is 2.08. The predicted octanol–water partition coefficient (Wildman–Crippen LogP) is 5.59. The van der Waals surface area contributed by atoms with Crippen molar-refractivity contribution in [2.75, 3.05) is 0 Å². The molecule has 21 heavy (non-hydrogen) atoms. The summed E-state index contributed by atoms with van der Waals surface area (Å²) in [6.07, 6.45) is 6.05. The Kier molecular flexibility index (Phi) is 4.82. The summed E-state index contributed by atoms with van der Waals surface area (Å²) >= 11 is 0. The molecule has 1 saturated carbocycles. The third-order valence-electron chi connectivity index (χ3n) is 6.05. The second kappa shape index (κ2) is 6.12. The van der Waals surface area contributed by atoms with E-state index in [4.69, 9.17) is 5.73 Å². The molecule has 0 bridgehead atoms. The summed E-state index contributed by atoms with van der Waals surface area (Å²) in [4.78, 5) is 0. The van der Waals surface area contributed by atoms with Crippen LogP contribution in [0.5, 0.6) is 0 Å². The molecule has 0 aliphatic heterocycles. The Morgan fingerprint density at radius 2 is 1.67 bits per heavy atom. The van der Waals surface area contributed by atoms with Crippen molar-refractivity contribution in [1.82, 2.24) is 0 Å². The van der Waals surface area contributed by atoms with E-state index < -0.39 is 0 Å². The molecule has 0 unspecified atom stereocenters. The van der Waals surface area contributed by atoms with E-state index in [1.165, 1.54) is 30.4 Å². The van der Waals surface area contributed by atoms with E-state index in [9.17, 15) is 0 Å². The van der Waals surface area contributed by atoms with Crippen molar-refractivity contribution in [1.29, 1.82) is 0 Å². The van der Waals surface area contributed by atoms with Gasteiger partial charge in [-0.25, -0.2) is 0 Å². The van der Waals surface area contributed by atoms with Crippen LogP contribution in [-0.4, -0.2) is 0 Å². The van der Waals surface area contributed by atoms with E-state index in [0.29, 0.717) is 11.3 Å². The standard InChI is InChI=1S/C20H33N/c1-6-19(4,5)17-11-13-20(21,14-12-17)18-9-7-16(8-10-18)15(2)3/h7-10,15,17H,6,11-14,21H2,1-5H3. The van der Waals surface area contributed by atoms with E-state index in [2.05, 4.69) is 58.9 Å². The number of rotatable bonds is 4. The summed E-state index contributed by atoms with van der Waals surface area (Å²) in [6, 6.07) is 9.05. The van der Waals surface area contributed by atoms with Gasteiger partial charge in [0, 0.05) is 5.54 Å². The maximum absolute atomic E-state index is 6.75. The highest BCUT2D eigenvalue weighted by atomic mass is 14.7. The topological polar surface area (TPSA) is 26.0 Å². The first kappa shape index (κ1) is 16.5. The molecule has 1 aliphatic rings. The Morgan fingerprint density at radius 3 is 2.10 bits per heavy atom. The summed E-state index contributed by atoms with van der Waals surface area (Å²) in [5.74, 6) is 1.42. The lowest BCUT2D eigenvalue weighted by Gasteiger charge is -2.43. The molecule has 2 rings (SSSR count). The molecule has 1 nitrogen and oxygen atoms in total. The summed E-state index contributed by atoms with van der Waals surface area (Å²) in [5, 5.41) is 0. The number of hydrogen-bond donors (Lipinski definition) is 1. The largest absolute Gasteiger partial charge is 0.321 e. The first-order valence-corrected chi connectivity index (χ1v) is 8.68. The molecule has 0 heterocycles. The van der Waals surface area contributed by atoms with Crippen molar-refractivity contribution < 1.29 is 0 Å². The lowest BCUT2D eigenvalue weighted by atomic mass is 9.64. The molecular formula is C20H33N. The summed E-state index contributed by atoms with van der Waals surface area (Å²) < 4.78 is 0. The number of benzene rings is 1. The molecular weight excluding hydrogens is 254 g/mol. The highest BCUT2D eigenvalue weighted by molar-refractivity contribution is 5.30. The van der Waals surface area contributed by atoms with Crippen molar-refractivity contribution >= 4 is 0 Å². The summed E-state index contributed by atoms with van der Waals surface area (Å²) in [7, 11) is 0. The maximum Gasteiger partial charge on any atom is 0.0409 e. The van der Waals surface area contributed by atoms with Crippen LogP contribution in [0.3, 0.4) is 0 Å². The van der Waals surface area contributed by atoms with Crippen molar-refractivity contribution in [2.24, 2.45) is 17.1 Å². The van der Waals surface area contributed by atoms with Crippen molar-refractivity contribution in [3.8, 4) is 0 Å². The molecule has 0 amide bonds. The van der Waals surface area contributed by atoms with Gasteiger partial charge in [-0.3, -0.25) is 0 Å². The molecule has 118 valence electrons. The third kappa shape index (κ3) is 3.51. The fourth-order valence-electron chi connectivity index (χ4n) is 3.69. The van der Waals surface area contributed by atoms with Crippen LogP contribution >= 0.6 is 0 Å². The van der Waals surface area contributed by atoms with Crippen molar-refractivity contribution in [3.63, 3.8) is 0 Å². The lowest BCUT2D eigenvalue weighted by molar-refractivity contribution is 0.115. The Morgan fingerprint density at radius 1 is 1.14 bits per heavy atom. The first-order chi connectivity index (χ1) is 9.78. The SMILES string of the molecule is CCC(C)(C)C1CCC(N)(c2ccc(C(C)C)cc2)CC1. The second-order valence-electron chi connectivity index (χ2n) is 8.05. The molecule has 0 saturated heterocycles. The van der Waals surface area contributed by atoms with Crippen LogP contribution in [0.1, 0.15) is 83.8 Å². The van der Waals surface area contributed by atoms with Crippen LogP contribution < -0.4 is 5.73 Å². The van der Waals surface area contributed by atoms with Gasteiger partial charge in [0.15, 0.2) is 0 Å². The van der Waals surface area contributed by atoms with Gasteiger partial charge in [0.25, 0.3) is 0 Å². The molecule has 2 N–H and O–H groups in total. The Hall–Kier alpha value is -0.820. The van der Waals surface area contributed by atoms with Gasteiger partial charge in [-0.15, -0.1) is 0 Å². The average Bonchev–Trinajstić information content (AvgIpc) is 2.48. The highest BCUT2D eigenvalue weighted by Gasteiger charge is 2.38. The van der Waals surface area contributed by atoms with E-state index in [0.717, 1.165) is 18.8 Å². The normalized spacial score (nSPS) is 27.1. The zero-order valence-corrected chi connectivity index (χ0v) is 14.6. The monoisotopic (exact) mass is 287 g/mol. The fourth-order valence-corrected chi connectivity index (χ4v) is 3.69. The van der Waals surface area contributed by atoms with Gasteiger partial charge in [0.1, 0.15) is 0 Å². The molecule has 1 aromatic carbocycles. The van der Waals surface area contributed by atoms with Crippen LogP contribution in [0.2, 0.25) is 0 Å². The second-order valence-corrected chi connectivity index (χ2v) is 8.05. The molecule has 0 radical (unpaired) electrons. The van der Waals surface area contributed by atoms with Crippen LogP contribution in [0.25, 0.3) is 0 Å². The van der Waals surface area contributed by atoms with E-state index >= 15 is 0 Å². The lowest BCUT2D eigenvalue weighted by Crippen LogP contribution is -2.42. The molecule has 1 aliphatic carbocycles. The molecule has 0 spiro atoms. The van der Waals surface area contributed by atoms with Gasteiger partial charge in [-0.1, -0.05) is 65.3 Å². The van der Waals surface area contributed by atoms with Crippen molar-refractivity contribution in [2.45, 2.75) is 78.2 Å². The van der Waals surface area contributed by atoms with Crippen LogP contribution in [0.15, 0.2) is 24.3 Å². The number of hydrogen-bond acceptors (Lipinski definition) is 1. The Labute approximate surface area is 131 Å². The molecule has 1 heteroatoms. The highest BCUT2D eigenvalue weighted by Crippen LogP contribution is 2.45. The average molecular weight is 287 g/mol. The summed E-state index contributed by atoms with van der Waals surface area (Å²) in [6.45, 7) is 11.6. The molecule has 0 aromatic heterocycles. The first-order valence-electron chi connectivity index (χ1n) is 8.68. The minimum absolute atomic E-state index is 0.101. The van der Waals surface area contributed by atoms with Crippen LogP contribution in [-0.2, 0) is 5.54 Å².